The number of piperidine rings is 1. The van der Waals surface area contributed by atoms with Crippen LogP contribution in [0, 0.1) is 17.3 Å². The highest BCUT2D eigenvalue weighted by atomic mass is 32.2. The van der Waals surface area contributed by atoms with Crippen molar-refractivity contribution in [1.29, 1.82) is 0 Å². The fraction of sp³-hybridized carbons (Fsp3) is 0.511. The van der Waals surface area contributed by atoms with Crippen LogP contribution in [0.5, 0.6) is 11.5 Å². The third-order valence-corrected chi connectivity index (χ3v) is 13.8. The molecule has 0 radical (unpaired) electrons. The molecule has 2 N–H and O–H groups in total. The minimum absolute atomic E-state index is 0.00247. The summed E-state index contributed by atoms with van der Waals surface area (Å²) in [5, 5.41) is 3.63. The van der Waals surface area contributed by atoms with Gasteiger partial charge in [0.05, 0.1) is 30.8 Å². The van der Waals surface area contributed by atoms with Crippen LogP contribution in [0.25, 0.3) is 22.2 Å². The summed E-state index contributed by atoms with van der Waals surface area (Å²) in [6.07, 6.45) is 4.31. The van der Waals surface area contributed by atoms with E-state index in [2.05, 4.69) is 11.9 Å². The van der Waals surface area contributed by atoms with Crippen molar-refractivity contribution in [2.75, 3.05) is 13.7 Å². The Bertz CT molecular complexity index is 2240. The Morgan fingerprint density at radius 2 is 1.77 bits per heavy atom. The van der Waals surface area contributed by atoms with E-state index >= 15 is 4.79 Å². The lowest BCUT2D eigenvalue weighted by Gasteiger charge is -2.38. The Balaban J connectivity index is 1.13. The van der Waals surface area contributed by atoms with Crippen LogP contribution < -0.4 is 14.8 Å². The number of hydrogen-bond acceptors (Lipinski definition) is 9. The largest absolute Gasteiger partial charge is 0.497 e. The van der Waals surface area contributed by atoms with E-state index in [1.807, 2.05) is 80.3 Å². The predicted octanol–water partition coefficient (Wildman–Crippen LogP) is 5.22. The molecule has 2 aliphatic carbocycles. The summed E-state index contributed by atoms with van der Waals surface area (Å²) in [7, 11) is 1.58. The molecule has 5 fully saturated rings. The van der Waals surface area contributed by atoms with Crippen molar-refractivity contribution < 1.29 is 42.2 Å². The van der Waals surface area contributed by atoms with Gasteiger partial charge in [-0.05, 0) is 49.7 Å². The average molecular weight is 840 g/mol. The van der Waals surface area contributed by atoms with Gasteiger partial charge in [-0.2, -0.15) is 0 Å². The first-order valence-electron chi connectivity index (χ1n) is 20.8. The predicted molar refractivity (Wildman–Crippen MR) is 224 cm³/mol. The topological polar surface area (TPSA) is 176 Å². The van der Waals surface area contributed by atoms with E-state index in [1.165, 1.54) is 4.90 Å². The van der Waals surface area contributed by atoms with Crippen molar-refractivity contribution >= 4 is 51.6 Å². The van der Waals surface area contributed by atoms with Crippen molar-refractivity contribution in [2.24, 2.45) is 17.3 Å². The molecule has 2 bridgehead atoms. The van der Waals surface area contributed by atoms with E-state index in [4.69, 9.17) is 14.5 Å². The molecule has 4 amide bonds. The molecule has 0 spiro atoms. The minimum Gasteiger partial charge on any atom is -0.497 e. The molecule has 8 rings (SSSR count). The van der Waals surface area contributed by atoms with Gasteiger partial charge in [-0.1, -0.05) is 57.2 Å². The van der Waals surface area contributed by atoms with E-state index in [0.29, 0.717) is 53.8 Å². The Morgan fingerprint density at radius 3 is 2.37 bits per heavy atom. The second-order valence-corrected chi connectivity index (χ2v) is 18.9. The van der Waals surface area contributed by atoms with Gasteiger partial charge in [0.25, 0.3) is 17.2 Å². The number of methoxy groups -OCH3 is 1. The van der Waals surface area contributed by atoms with Crippen LogP contribution in [0.1, 0.15) is 78.6 Å². The number of hydrogen-bond donors (Lipinski definition) is 2. The number of Topliss-reactive ketones (excluding diaryl/α,β-unsaturated/α-hetero) is 1. The number of rotatable bonds is 13. The van der Waals surface area contributed by atoms with Crippen LogP contribution in [0.4, 0.5) is 0 Å². The third-order valence-electron chi connectivity index (χ3n) is 13.0. The number of aromatic nitrogens is 1. The van der Waals surface area contributed by atoms with Gasteiger partial charge in [0, 0.05) is 72.8 Å². The van der Waals surface area contributed by atoms with Crippen LogP contribution in [0.3, 0.4) is 0 Å². The number of benzene rings is 2. The number of carbonyl (C=O) groups is 5. The van der Waals surface area contributed by atoms with Crippen molar-refractivity contribution in [3.63, 3.8) is 0 Å². The number of likely N-dealkylation sites (tertiary alicyclic amines) is 1. The van der Waals surface area contributed by atoms with Crippen molar-refractivity contribution in [3.05, 3.63) is 67.3 Å². The number of carbonyl (C=O) groups excluding carboxylic acids is 5. The number of fused-ring (bicyclic) bond motifs is 3. The highest BCUT2D eigenvalue weighted by Gasteiger charge is 2.64. The van der Waals surface area contributed by atoms with Crippen LogP contribution in [-0.2, 0) is 35.2 Å². The van der Waals surface area contributed by atoms with E-state index in [-0.39, 0.29) is 49.6 Å². The summed E-state index contributed by atoms with van der Waals surface area (Å²) in [6, 6.07) is 15.1. The Kier molecular flexibility index (Phi) is 11.1. The standard InChI is InChI=1S/C45H53N5O9S/c1-6-27-24-45(27,43(55)50(60(56)57)28-12-13-28)47-41(53)38-21-33(59-39-23-36(26-10-8-7-9-11-26)46-37-20-32(58-5)16-17-34(37)39)25-48(38)42(54)35(44(2,3)4)22-40(52)49-29-14-15-30(49)19-31(51)18-29/h6-11,16-17,20,23,27-30,33,35,38H,1,12-15,18-19,21-22,24-25H2,2-5H3,(H,47,53)(H,56,57)/t27-,29?,30?,33-,35-,38+,45-/m1/s1. The number of pyridine rings is 1. The van der Waals surface area contributed by atoms with Crippen molar-refractivity contribution in [1.82, 2.24) is 24.4 Å². The molecular weight excluding hydrogens is 787 g/mol. The molecule has 60 heavy (non-hydrogen) atoms. The highest BCUT2D eigenvalue weighted by Crippen LogP contribution is 2.48. The van der Waals surface area contributed by atoms with Gasteiger partial charge in [0.2, 0.25) is 17.7 Å². The molecule has 4 heterocycles. The highest BCUT2D eigenvalue weighted by molar-refractivity contribution is 7.77. The smallest absolute Gasteiger partial charge is 0.264 e. The fourth-order valence-electron chi connectivity index (χ4n) is 9.52. The van der Waals surface area contributed by atoms with E-state index < -0.39 is 70.0 Å². The molecule has 5 aliphatic rings. The first-order valence-corrected chi connectivity index (χ1v) is 21.9. The maximum absolute atomic E-state index is 15.1. The molecule has 15 heteroatoms. The van der Waals surface area contributed by atoms with E-state index in [0.717, 1.165) is 22.7 Å². The summed E-state index contributed by atoms with van der Waals surface area (Å²) in [4.78, 5) is 78.5. The van der Waals surface area contributed by atoms with Crippen molar-refractivity contribution in [2.45, 2.75) is 114 Å². The van der Waals surface area contributed by atoms with Crippen LogP contribution in [0.2, 0.25) is 0 Å². The molecule has 3 aromatic rings. The number of nitrogens with zero attached hydrogens (tertiary/aromatic N) is 4. The monoisotopic (exact) mass is 839 g/mol. The molecule has 2 saturated carbocycles. The van der Waals surface area contributed by atoms with Crippen molar-refractivity contribution in [3.8, 4) is 22.8 Å². The summed E-state index contributed by atoms with van der Waals surface area (Å²) in [6.45, 7) is 9.55. The quantitative estimate of drug-likeness (QED) is 0.172. The van der Waals surface area contributed by atoms with Gasteiger partial charge in [-0.15, -0.1) is 6.58 Å². The van der Waals surface area contributed by atoms with Gasteiger partial charge in [0.1, 0.15) is 35.0 Å². The third kappa shape index (κ3) is 7.93. The lowest BCUT2D eigenvalue weighted by atomic mass is 9.77. The second-order valence-electron chi connectivity index (χ2n) is 18.1. The Morgan fingerprint density at radius 1 is 1.07 bits per heavy atom. The van der Waals surface area contributed by atoms with Gasteiger partial charge >= 0.3 is 0 Å². The molecule has 1 aromatic heterocycles. The molecule has 2 aromatic carbocycles. The summed E-state index contributed by atoms with van der Waals surface area (Å²) >= 11 is -2.59. The number of ether oxygens (including phenoxy) is 2. The molecule has 3 saturated heterocycles. The maximum atomic E-state index is 15.1. The Hall–Kier alpha value is -5.15. The Labute approximate surface area is 352 Å². The zero-order valence-electron chi connectivity index (χ0n) is 34.5. The molecule has 8 atom stereocenters. The number of ketones is 1. The van der Waals surface area contributed by atoms with E-state index in [9.17, 15) is 27.9 Å². The fourth-order valence-corrected chi connectivity index (χ4v) is 10.3. The number of amides is 4. The zero-order chi connectivity index (χ0) is 42.7. The number of nitrogens with one attached hydrogen (secondary N) is 1. The lowest BCUT2D eigenvalue weighted by Crippen LogP contribution is -2.58. The van der Waals surface area contributed by atoms with E-state index in [1.54, 1.807) is 13.2 Å². The summed E-state index contributed by atoms with van der Waals surface area (Å²) in [5.74, 6) is -1.92. The molecule has 3 unspecified atom stereocenters. The maximum Gasteiger partial charge on any atom is 0.264 e. The second kappa shape index (κ2) is 16.0. The molecule has 318 valence electrons. The minimum atomic E-state index is -2.59. The summed E-state index contributed by atoms with van der Waals surface area (Å²) < 4.78 is 35.8. The molecular formula is C45H53N5O9S. The van der Waals surface area contributed by atoms with Gasteiger partial charge in [-0.25, -0.2) is 13.5 Å². The summed E-state index contributed by atoms with van der Waals surface area (Å²) in [5.41, 5.74) is -0.0750. The SMILES string of the molecule is C=C[C@@H]1C[C@]1(NC(=O)[C@@H]1C[C@@H](Oc2cc(-c3ccccc3)nc3cc(OC)ccc23)CN1C(=O)[C@@H](CC(=O)N1C2CCC1CC(=O)C2)C(C)(C)C)C(=O)N(C1CC1)S(=O)O. The normalized spacial score (nSPS) is 26.9. The zero-order valence-corrected chi connectivity index (χ0v) is 35.3. The first kappa shape index (κ1) is 41.6. The van der Waals surface area contributed by atoms with Crippen LogP contribution in [0.15, 0.2) is 67.3 Å². The first-order chi connectivity index (χ1) is 28.6. The van der Waals surface area contributed by atoms with Gasteiger partial charge < -0.3 is 24.6 Å². The van der Waals surface area contributed by atoms with Gasteiger partial charge in [-0.3, -0.25) is 28.5 Å². The van der Waals surface area contributed by atoms with Crippen LogP contribution in [-0.4, -0.2) is 107 Å². The average Bonchev–Trinajstić information content (AvgIpc) is 4.12. The van der Waals surface area contributed by atoms with Crippen LogP contribution >= 0.6 is 0 Å². The lowest BCUT2D eigenvalue weighted by molar-refractivity contribution is -0.150. The molecule has 3 aliphatic heterocycles. The molecule has 14 nitrogen and oxygen atoms in total. The van der Waals surface area contributed by atoms with Gasteiger partial charge in [0.15, 0.2) is 0 Å².